The standard InChI is InChI=1S/C24H25FN8O7S/c1-12(21(34)29-14-10-32(11-14)41(3,38)39)28-23(36)18-7-16(30-20-15(25)9-27-33(18)20)22(35)26-8-13-4-5-19-17(6-13)31(2)24(37)40-19/h4-7,9,12,14H,8,10-11H2,1-3H3,(H,26,35)(H,28,36)(H,29,34)/t12-/m0/s1. The number of rotatable bonds is 8. The highest BCUT2D eigenvalue weighted by molar-refractivity contribution is 7.88. The van der Waals surface area contributed by atoms with Crippen LogP contribution in [0.2, 0.25) is 0 Å². The molecule has 3 aromatic heterocycles. The topological polar surface area (TPSA) is 190 Å². The summed E-state index contributed by atoms with van der Waals surface area (Å²) in [5, 5.41) is 11.6. The second kappa shape index (κ2) is 10.4. The summed E-state index contributed by atoms with van der Waals surface area (Å²) in [4.78, 5) is 54.3. The summed E-state index contributed by atoms with van der Waals surface area (Å²) in [6.07, 6.45) is 1.91. The average molecular weight is 589 g/mol. The maximum atomic E-state index is 14.4. The highest BCUT2D eigenvalue weighted by atomic mass is 32.2. The second-order valence-electron chi connectivity index (χ2n) is 9.65. The normalized spacial score (nSPS) is 15.0. The summed E-state index contributed by atoms with van der Waals surface area (Å²) in [5.74, 6) is -3.49. The minimum atomic E-state index is -3.35. The number of hydrogen-bond donors (Lipinski definition) is 3. The monoisotopic (exact) mass is 588 g/mol. The van der Waals surface area contributed by atoms with Crippen LogP contribution in [0.25, 0.3) is 16.7 Å². The lowest BCUT2D eigenvalue weighted by molar-refractivity contribution is -0.124. The van der Waals surface area contributed by atoms with Crippen molar-refractivity contribution in [2.45, 2.75) is 25.6 Å². The zero-order valence-corrected chi connectivity index (χ0v) is 22.9. The molecule has 15 nitrogen and oxygen atoms in total. The van der Waals surface area contributed by atoms with E-state index in [1.54, 1.807) is 25.2 Å². The van der Waals surface area contributed by atoms with Gasteiger partial charge < -0.3 is 20.4 Å². The molecule has 3 N–H and O–H groups in total. The summed E-state index contributed by atoms with van der Waals surface area (Å²) < 4.78 is 46.0. The van der Waals surface area contributed by atoms with Crippen molar-refractivity contribution in [3.63, 3.8) is 0 Å². The number of amides is 3. The van der Waals surface area contributed by atoms with Crippen LogP contribution in [0, 0.1) is 5.82 Å². The van der Waals surface area contributed by atoms with Gasteiger partial charge in [-0.1, -0.05) is 6.07 Å². The molecule has 1 aromatic carbocycles. The van der Waals surface area contributed by atoms with Crippen LogP contribution in [0.15, 0.2) is 39.7 Å². The Morgan fingerprint density at radius 1 is 1.20 bits per heavy atom. The molecule has 1 aliphatic rings. The third kappa shape index (κ3) is 5.53. The number of carbonyl (C=O) groups is 3. The Kier molecular flexibility index (Phi) is 7.08. The van der Waals surface area contributed by atoms with Crippen LogP contribution in [-0.2, 0) is 28.4 Å². The van der Waals surface area contributed by atoms with E-state index in [1.165, 1.54) is 15.8 Å². The Labute approximate surface area is 231 Å². The largest absolute Gasteiger partial charge is 0.419 e. The predicted molar refractivity (Wildman–Crippen MR) is 141 cm³/mol. The fourth-order valence-corrected chi connectivity index (χ4v) is 5.13. The summed E-state index contributed by atoms with van der Waals surface area (Å²) in [6.45, 7) is 1.69. The summed E-state index contributed by atoms with van der Waals surface area (Å²) in [6, 6.07) is 4.58. The minimum Gasteiger partial charge on any atom is -0.408 e. The zero-order chi connectivity index (χ0) is 29.6. The molecule has 5 rings (SSSR count). The van der Waals surface area contributed by atoms with Crippen LogP contribution in [0.5, 0.6) is 0 Å². The van der Waals surface area contributed by atoms with Crippen LogP contribution < -0.4 is 21.7 Å². The van der Waals surface area contributed by atoms with E-state index in [4.69, 9.17) is 4.42 Å². The van der Waals surface area contributed by atoms with Gasteiger partial charge in [-0.3, -0.25) is 19.0 Å². The molecule has 1 saturated heterocycles. The molecule has 17 heteroatoms. The SMILES string of the molecule is C[C@H](NC(=O)c1cc(C(=O)NCc2ccc3oc(=O)n(C)c3c2)nc2c(F)cnn12)C(=O)NC1CN(S(C)(=O)=O)C1. The van der Waals surface area contributed by atoms with Crippen molar-refractivity contribution in [3.8, 4) is 0 Å². The lowest BCUT2D eigenvalue weighted by Crippen LogP contribution is -2.62. The van der Waals surface area contributed by atoms with Crippen molar-refractivity contribution in [2.75, 3.05) is 19.3 Å². The van der Waals surface area contributed by atoms with Crippen LogP contribution in [-0.4, -0.2) is 81.0 Å². The number of halogens is 1. The number of carbonyl (C=O) groups excluding carboxylic acids is 3. The second-order valence-corrected chi connectivity index (χ2v) is 11.6. The first-order valence-electron chi connectivity index (χ1n) is 12.3. The van der Waals surface area contributed by atoms with Gasteiger partial charge in [-0.15, -0.1) is 0 Å². The molecule has 4 heterocycles. The van der Waals surface area contributed by atoms with Gasteiger partial charge in [0.15, 0.2) is 17.0 Å². The van der Waals surface area contributed by atoms with Gasteiger partial charge in [0, 0.05) is 32.7 Å². The summed E-state index contributed by atoms with van der Waals surface area (Å²) in [5.41, 5.74) is 0.673. The minimum absolute atomic E-state index is 0.0272. The fourth-order valence-electron chi connectivity index (χ4n) is 4.23. The molecule has 4 aromatic rings. The summed E-state index contributed by atoms with van der Waals surface area (Å²) >= 11 is 0. The van der Waals surface area contributed by atoms with E-state index in [0.29, 0.717) is 16.7 Å². The molecule has 0 radical (unpaired) electrons. The van der Waals surface area contributed by atoms with Crippen molar-refractivity contribution < 1.29 is 31.6 Å². The van der Waals surface area contributed by atoms with Gasteiger partial charge >= 0.3 is 5.76 Å². The van der Waals surface area contributed by atoms with Crippen molar-refractivity contribution in [1.29, 1.82) is 0 Å². The van der Waals surface area contributed by atoms with E-state index in [0.717, 1.165) is 23.0 Å². The number of hydrogen-bond acceptors (Lipinski definition) is 9. The quantitative estimate of drug-likeness (QED) is 0.235. The molecule has 41 heavy (non-hydrogen) atoms. The molecule has 1 aliphatic heterocycles. The first-order valence-corrected chi connectivity index (χ1v) is 14.1. The number of nitrogens with one attached hydrogen (secondary N) is 3. The smallest absolute Gasteiger partial charge is 0.408 e. The summed E-state index contributed by atoms with van der Waals surface area (Å²) in [7, 11) is -1.80. The molecule has 216 valence electrons. The average Bonchev–Trinajstić information content (AvgIpc) is 3.41. The first-order chi connectivity index (χ1) is 19.3. The van der Waals surface area contributed by atoms with Crippen LogP contribution in [0.4, 0.5) is 4.39 Å². The van der Waals surface area contributed by atoms with E-state index in [-0.39, 0.29) is 36.7 Å². The third-order valence-electron chi connectivity index (χ3n) is 6.61. The van der Waals surface area contributed by atoms with Gasteiger partial charge in [-0.05, 0) is 24.6 Å². The molecular weight excluding hydrogens is 563 g/mol. The zero-order valence-electron chi connectivity index (χ0n) is 22.0. The molecule has 0 saturated carbocycles. The van der Waals surface area contributed by atoms with Gasteiger partial charge in [0.2, 0.25) is 15.9 Å². The molecule has 0 aliphatic carbocycles. The fraction of sp³-hybridized carbons (Fsp3) is 0.333. The van der Waals surface area contributed by atoms with E-state index >= 15 is 0 Å². The van der Waals surface area contributed by atoms with E-state index < -0.39 is 51.4 Å². The van der Waals surface area contributed by atoms with Crippen LogP contribution >= 0.6 is 0 Å². The number of nitrogens with zero attached hydrogens (tertiary/aromatic N) is 5. The predicted octanol–water partition coefficient (Wildman–Crippen LogP) is -0.878. The highest BCUT2D eigenvalue weighted by Crippen LogP contribution is 2.16. The molecular formula is C24H25FN8O7S. The van der Waals surface area contributed by atoms with Gasteiger partial charge in [-0.2, -0.15) is 9.40 Å². The van der Waals surface area contributed by atoms with Crippen molar-refractivity contribution in [1.82, 2.24) is 39.4 Å². The number of aryl methyl sites for hydroxylation is 1. The van der Waals surface area contributed by atoms with E-state index in [1.807, 2.05) is 0 Å². The van der Waals surface area contributed by atoms with E-state index in [2.05, 4.69) is 26.0 Å². The Morgan fingerprint density at radius 3 is 2.63 bits per heavy atom. The molecule has 1 fully saturated rings. The lowest BCUT2D eigenvalue weighted by atomic mass is 10.1. The van der Waals surface area contributed by atoms with E-state index in [9.17, 15) is 32.0 Å². The Hall–Kier alpha value is -4.64. The number of sulfonamides is 1. The number of benzene rings is 1. The molecule has 1 atom stereocenters. The van der Waals surface area contributed by atoms with Gasteiger partial charge in [0.25, 0.3) is 11.8 Å². The Bertz CT molecular complexity index is 1870. The first kappa shape index (κ1) is 27.9. The van der Waals surface area contributed by atoms with Crippen molar-refractivity contribution in [2.24, 2.45) is 7.05 Å². The van der Waals surface area contributed by atoms with Crippen molar-refractivity contribution in [3.05, 3.63) is 63.8 Å². The number of oxazole rings is 1. The molecule has 0 spiro atoms. The number of aromatic nitrogens is 4. The third-order valence-corrected chi connectivity index (χ3v) is 7.84. The van der Waals surface area contributed by atoms with Gasteiger partial charge in [-0.25, -0.2) is 27.1 Å². The molecule has 0 unspecified atom stereocenters. The molecule has 3 amide bonds. The lowest BCUT2D eigenvalue weighted by Gasteiger charge is -2.37. The van der Waals surface area contributed by atoms with Crippen LogP contribution in [0.3, 0.4) is 0 Å². The highest BCUT2D eigenvalue weighted by Gasteiger charge is 2.35. The van der Waals surface area contributed by atoms with Crippen LogP contribution in [0.1, 0.15) is 33.5 Å². The van der Waals surface area contributed by atoms with Crippen molar-refractivity contribution >= 4 is 44.5 Å². The Morgan fingerprint density at radius 2 is 1.93 bits per heavy atom. The van der Waals surface area contributed by atoms with Gasteiger partial charge in [0.1, 0.15) is 17.4 Å². The maximum Gasteiger partial charge on any atom is 0.419 e. The maximum absolute atomic E-state index is 14.4. The number of fused-ring (bicyclic) bond motifs is 2. The molecule has 0 bridgehead atoms. The Balaban J connectivity index is 1.29. The van der Waals surface area contributed by atoms with Gasteiger partial charge in [0.05, 0.1) is 24.0 Å².